The van der Waals surface area contributed by atoms with Crippen molar-refractivity contribution < 1.29 is 4.79 Å². The molecule has 0 unspecified atom stereocenters. The third-order valence-corrected chi connectivity index (χ3v) is 4.24. The zero-order chi connectivity index (χ0) is 17.1. The molecular weight excluding hydrogens is 320 g/mol. The molecule has 0 radical (unpaired) electrons. The average Bonchev–Trinajstić information content (AvgIpc) is 3.02. The number of aryl methyl sites for hydroxylation is 1. The molecule has 0 spiro atoms. The first-order valence-corrected chi connectivity index (χ1v) is 8.03. The largest absolute Gasteiger partial charge is 0.360 e. The van der Waals surface area contributed by atoms with Gasteiger partial charge in [0.2, 0.25) is 5.78 Å². The van der Waals surface area contributed by atoms with E-state index < -0.39 is 0 Å². The second-order valence-electron chi connectivity index (χ2n) is 5.44. The predicted molar refractivity (Wildman–Crippen MR) is 97.0 cm³/mol. The number of nitriles is 1. The second kappa shape index (κ2) is 6.74. The van der Waals surface area contributed by atoms with Gasteiger partial charge in [0.1, 0.15) is 11.6 Å². The molecule has 118 valence electrons. The van der Waals surface area contributed by atoms with Crippen molar-refractivity contribution in [2.45, 2.75) is 13.3 Å². The number of hydrogen-bond donors (Lipinski definition) is 1. The van der Waals surface area contributed by atoms with E-state index in [1.807, 2.05) is 24.4 Å². The zero-order valence-electron chi connectivity index (χ0n) is 13.1. The Labute approximate surface area is 145 Å². The third kappa shape index (κ3) is 2.97. The molecule has 0 aliphatic carbocycles. The van der Waals surface area contributed by atoms with Crippen molar-refractivity contribution in [3.63, 3.8) is 0 Å². The van der Waals surface area contributed by atoms with E-state index in [-0.39, 0.29) is 11.4 Å². The first-order chi connectivity index (χ1) is 11.6. The van der Waals surface area contributed by atoms with Gasteiger partial charge in [0.15, 0.2) is 0 Å². The van der Waals surface area contributed by atoms with Gasteiger partial charge < -0.3 is 4.98 Å². The molecule has 3 rings (SSSR count). The minimum atomic E-state index is -0.310. The van der Waals surface area contributed by atoms with Crippen LogP contribution in [-0.2, 0) is 6.42 Å². The number of rotatable bonds is 4. The van der Waals surface area contributed by atoms with E-state index in [2.05, 4.69) is 18.0 Å². The summed E-state index contributed by atoms with van der Waals surface area (Å²) in [4.78, 5) is 15.8. The number of nitrogens with one attached hydrogen (secondary N) is 1. The van der Waals surface area contributed by atoms with Gasteiger partial charge in [0.25, 0.3) is 0 Å². The Kier molecular flexibility index (Phi) is 4.50. The molecular formula is C20H15ClN2O. The standard InChI is InChI=1S/C20H15ClN2O/c1-2-13-4-3-5-18-16(12-23-19(13)18)10-15(11-22)20(24)14-6-8-17(21)9-7-14/h3-10,12,23H,2H2,1H3/b15-10+. The van der Waals surface area contributed by atoms with E-state index >= 15 is 0 Å². The number of nitrogens with zero attached hydrogens (tertiary/aromatic N) is 1. The summed E-state index contributed by atoms with van der Waals surface area (Å²) in [7, 11) is 0. The average molecular weight is 335 g/mol. The van der Waals surface area contributed by atoms with Gasteiger partial charge in [-0.2, -0.15) is 5.26 Å². The number of fused-ring (bicyclic) bond motifs is 1. The molecule has 3 nitrogen and oxygen atoms in total. The highest BCUT2D eigenvalue weighted by Crippen LogP contribution is 2.25. The normalized spacial score (nSPS) is 11.5. The summed E-state index contributed by atoms with van der Waals surface area (Å²) in [5.74, 6) is -0.310. The maximum atomic E-state index is 12.5. The number of para-hydroxylation sites is 1. The summed E-state index contributed by atoms with van der Waals surface area (Å²) >= 11 is 5.84. The van der Waals surface area contributed by atoms with Gasteiger partial charge in [0, 0.05) is 33.2 Å². The van der Waals surface area contributed by atoms with Crippen LogP contribution in [0.2, 0.25) is 5.02 Å². The molecule has 0 aliphatic rings. The lowest BCUT2D eigenvalue weighted by Gasteiger charge is -2.01. The Bertz CT molecular complexity index is 975. The minimum Gasteiger partial charge on any atom is -0.360 e. The van der Waals surface area contributed by atoms with Crippen LogP contribution in [0.1, 0.15) is 28.4 Å². The highest BCUT2D eigenvalue weighted by molar-refractivity contribution is 6.30. The number of halogens is 1. The number of ketones is 1. The molecule has 1 heterocycles. The maximum Gasteiger partial charge on any atom is 0.203 e. The molecule has 3 aromatic rings. The predicted octanol–water partition coefficient (Wildman–Crippen LogP) is 5.17. The molecule has 4 heteroatoms. The first-order valence-electron chi connectivity index (χ1n) is 7.65. The van der Waals surface area contributed by atoms with E-state index in [0.29, 0.717) is 10.6 Å². The van der Waals surface area contributed by atoms with Crippen molar-refractivity contribution in [3.05, 3.63) is 75.9 Å². The van der Waals surface area contributed by atoms with Crippen LogP contribution in [0.4, 0.5) is 0 Å². The topological polar surface area (TPSA) is 56.6 Å². The number of aromatic nitrogens is 1. The van der Waals surface area contributed by atoms with E-state index in [4.69, 9.17) is 11.6 Å². The Hall–Kier alpha value is -2.83. The van der Waals surface area contributed by atoms with Crippen molar-refractivity contribution >= 4 is 34.4 Å². The van der Waals surface area contributed by atoms with Crippen molar-refractivity contribution in [2.24, 2.45) is 0 Å². The summed E-state index contributed by atoms with van der Waals surface area (Å²) in [5, 5.41) is 11.0. The molecule has 0 saturated heterocycles. The maximum absolute atomic E-state index is 12.5. The SMILES string of the molecule is CCc1cccc2c(/C=C(\C#N)C(=O)c3ccc(Cl)cc3)c[nH]c12. The molecule has 0 bridgehead atoms. The van der Waals surface area contributed by atoms with Gasteiger partial charge in [-0.1, -0.05) is 36.7 Å². The Morgan fingerprint density at radius 1 is 1.25 bits per heavy atom. The Balaban J connectivity index is 2.04. The van der Waals surface area contributed by atoms with Gasteiger partial charge in [-0.25, -0.2) is 0 Å². The monoisotopic (exact) mass is 334 g/mol. The van der Waals surface area contributed by atoms with Crippen LogP contribution in [0.3, 0.4) is 0 Å². The van der Waals surface area contributed by atoms with Crippen molar-refractivity contribution in [1.29, 1.82) is 5.26 Å². The van der Waals surface area contributed by atoms with Crippen molar-refractivity contribution in [1.82, 2.24) is 4.98 Å². The number of carbonyl (C=O) groups is 1. The van der Waals surface area contributed by atoms with Crippen LogP contribution in [-0.4, -0.2) is 10.8 Å². The van der Waals surface area contributed by atoms with Crippen LogP contribution in [0.5, 0.6) is 0 Å². The van der Waals surface area contributed by atoms with Crippen LogP contribution < -0.4 is 0 Å². The number of hydrogen-bond acceptors (Lipinski definition) is 2. The number of Topliss-reactive ketones (excluding diaryl/α,β-unsaturated/α-hetero) is 1. The first kappa shape index (κ1) is 16.0. The lowest BCUT2D eigenvalue weighted by atomic mass is 10.0. The minimum absolute atomic E-state index is 0.0973. The summed E-state index contributed by atoms with van der Waals surface area (Å²) < 4.78 is 0. The summed E-state index contributed by atoms with van der Waals surface area (Å²) in [6, 6.07) is 14.6. The third-order valence-electron chi connectivity index (χ3n) is 3.99. The fraction of sp³-hybridized carbons (Fsp3) is 0.100. The van der Waals surface area contributed by atoms with Crippen LogP contribution in [0.15, 0.2) is 54.2 Å². The van der Waals surface area contributed by atoms with E-state index in [1.165, 1.54) is 5.56 Å². The van der Waals surface area contributed by atoms with Gasteiger partial charge in [-0.15, -0.1) is 0 Å². The number of carbonyl (C=O) groups excluding carboxylic acids is 1. The molecule has 0 saturated carbocycles. The van der Waals surface area contributed by atoms with Crippen LogP contribution in [0, 0.1) is 11.3 Å². The molecule has 1 aromatic heterocycles. The van der Waals surface area contributed by atoms with E-state index in [0.717, 1.165) is 22.9 Å². The number of H-pyrrole nitrogens is 1. The molecule has 2 aromatic carbocycles. The zero-order valence-corrected chi connectivity index (χ0v) is 13.9. The molecule has 0 fully saturated rings. The van der Waals surface area contributed by atoms with Crippen molar-refractivity contribution in [3.8, 4) is 6.07 Å². The smallest absolute Gasteiger partial charge is 0.203 e. The van der Waals surface area contributed by atoms with Gasteiger partial charge in [-0.05, 0) is 42.3 Å². The quantitative estimate of drug-likeness (QED) is 0.406. The van der Waals surface area contributed by atoms with Crippen LogP contribution >= 0.6 is 11.6 Å². The van der Waals surface area contributed by atoms with E-state index in [9.17, 15) is 10.1 Å². The fourth-order valence-electron chi connectivity index (χ4n) is 2.71. The highest BCUT2D eigenvalue weighted by atomic mass is 35.5. The lowest BCUT2D eigenvalue weighted by molar-refractivity contribution is 0.104. The van der Waals surface area contributed by atoms with Gasteiger partial charge >= 0.3 is 0 Å². The summed E-state index contributed by atoms with van der Waals surface area (Å²) in [5.41, 5.74) is 3.62. The summed E-state index contributed by atoms with van der Waals surface area (Å²) in [6.07, 6.45) is 4.38. The molecule has 0 amide bonds. The van der Waals surface area contributed by atoms with Gasteiger partial charge in [0.05, 0.1) is 0 Å². The number of aromatic amines is 1. The highest BCUT2D eigenvalue weighted by Gasteiger charge is 2.13. The number of allylic oxidation sites excluding steroid dienone is 1. The van der Waals surface area contributed by atoms with E-state index in [1.54, 1.807) is 30.3 Å². The molecule has 0 atom stereocenters. The lowest BCUT2D eigenvalue weighted by Crippen LogP contribution is -2.01. The Morgan fingerprint density at radius 2 is 2.00 bits per heavy atom. The molecule has 1 N–H and O–H groups in total. The van der Waals surface area contributed by atoms with Crippen LogP contribution in [0.25, 0.3) is 17.0 Å². The van der Waals surface area contributed by atoms with Gasteiger partial charge in [-0.3, -0.25) is 4.79 Å². The number of benzene rings is 2. The second-order valence-corrected chi connectivity index (χ2v) is 5.88. The molecule has 0 aliphatic heterocycles. The van der Waals surface area contributed by atoms with Crippen molar-refractivity contribution in [2.75, 3.05) is 0 Å². The summed E-state index contributed by atoms with van der Waals surface area (Å²) in [6.45, 7) is 2.09. The Morgan fingerprint density at radius 3 is 2.67 bits per heavy atom. The molecule has 24 heavy (non-hydrogen) atoms. The fourth-order valence-corrected chi connectivity index (χ4v) is 2.84.